The highest BCUT2D eigenvalue weighted by atomic mass is 32.1. The number of aromatic hydroxyl groups is 1. The third-order valence-electron chi connectivity index (χ3n) is 1.72. The predicted molar refractivity (Wildman–Crippen MR) is 51.4 cm³/mol. The third kappa shape index (κ3) is 1.40. The predicted octanol–water partition coefficient (Wildman–Crippen LogP) is 1.79. The van der Waals surface area contributed by atoms with Crippen LogP contribution in [0.5, 0.6) is 5.75 Å². The Kier molecular flexibility index (Phi) is 1.77. The molecule has 13 heavy (non-hydrogen) atoms. The molecule has 0 spiro atoms. The number of fused-ring (bicyclic) bond motifs is 1. The van der Waals surface area contributed by atoms with Gasteiger partial charge in [0.15, 0.2) is 0 Å². The van der Waals surface area contributed by atoms with Crippen LogP contribution in [0.25, 0.3) is 11.0 Å². The van der Waals surface area contributed by atoms with Crippen molar-refractivity contribution in [2.75, 3.05) is 0 Å². The zero-order valence-electron chi connectivity index (χ0n) is 6.52. The van der Waals surface area contributed by atoms with Crippen LogP contribution >= 0.6 is 12.6 Å². The zero-order chi connectivity index (χ0) is 9.42. The van der Waals surface area contributed by atoms with Crippen molar-refractivity contribution in [3.8, 4) is 5.75 Å². The SMILES string of the molecule is O=c1ccc2cc(O)c(S)cc2o1. The number of thiol groups is 1. The van der Waals surface area contributed by atoms with Crippen LogP contribution in [0.15, 0.2) is 38.4 Å². The topological polar surface area (TPSA) is 50.4 Å². The van der Waals surface area contributed by atoms with Crippen LogP contribution in [0.3, 0.4) is 0 Å². The lowest BCUT2D eigenvalue weighted by Gasteiger charge is -1.99. The molecule has 0 unspecified atom stereocenters. The van der Waals surface area contributed by atoms with Gasteiger partial charge in [-0.2, -0.15) is 0 Å². The summed E-state index contributed by atoms with van der Waals surface area (Å²) in [7, 11) is 0. The van der Waals surface area contributed by atoms with Gasteiger partial charge in [-0.15, -0.1) is 12.6 Å². The summed E-state index contributed by atoms with van der Waals surface area (Å²) in [5.41, 5.74) is 0.0150. The summed E-state index contributed by atoms with van der Waals surface area (Å²) in [6, 6.07) is 5.91. The Hall–Kier alpha value is -1.42. The summed E-state index contributed by atoms with van der Waals surface area (Å²) in [5, 5.41) is 9.97. The van der Waals surface area contributed by atoms with E-state index in [4.69, 9.17) is 4.42 Å². The Balaban J connectivity index is 2.89. The van der Waals surface area contributed by atoms with Crippen molar-refractivity contribution in [1.82, 2.24) is 0 Å². The first-order valence-corrected chi connectivity index (χ1v) is 4.07. The fraction of sp³-hybridized carbons (Fsp3) is 0. The largest absolute Gasteiger partial charge is 0.507 e. The zero-order valence-corrected chi connectivity index (χ0v) is 7.41. The van der Waals surface area contributed by atoms with E-state index in [1.54, 1.807) is 6.07 Å². The molecule has 2 rings (SSSR count). The molecule has 0 aliphatic carbocycles. The second kappa shape index (κ2) is 2.81. The Morgan fingerprint density at radius 3 is 2.85 bits per heavy atom. The second-order valence-electron chi connectivity index (χ2n) is 2.63. The Bertz CT molecular complexity index is 516. The molecule has 4 heteroatoms. The van der Waals surface area contributed by atoms with Crippen molar-refractivity contribution in [3.63, 3.8) is 0 Å². The van der Waals surface area contributed by atoms with Gasteiger partial charge in [-0.1, -0.05) is 0 Å². The normalized spacial score (nSPS) is 10.5. The van der Waals surface area contributed by atoms with Gasteiger partial charge in [-0.25, -0.2) is 4.79 Å². The molecule has 1 aromatic carbocycles. The van der Waals surface area contributed by atoms with Gasteiger partial charge in [0.05, 0.1) is 0 Å². The van der Waals surface area contributed by atoms with Crippen LogP contribution in [-0.2, 0) is 0 Å². The molecule has 1 aromatic heterocycles. The van der Waals surface area contributed by atoms with Crippen molar-refractivity contribution >= 4 is 23.6 Å². The Morgan fingerprint density at radius 2 is 2.08 bits per heavy atom. The molecule has 0 bridgehead atoms. The van der Waals surface area contributed by atoms with Gasteiger partial charge >= 0.3 is 5.63 Å². The van der Waals surface area contributed by atoms with Crippen molar-refractivity contribution in [3.05, 3.63) is 34.7 Å². The van der Waals surface area contributed by atoms with Crippen molar-refractivity contribution in [1.29, 1.82) is 0 Å². The van der Waals surface area contributed by atoms with E-state index in [1.807, 2.05) is 0 Å². The molecule has 0 atom stereocenters. The van der Waals surface area contributed by atoms with Gasteiger partial charge in [0.1, 0.15) is 11.3 Å². The average Bonchev–Trinajstić information content (AvgIpc) is 2.08. The molecule has 1 N–H and O–H groups in total. The minimum atomic E-state index is -0.411. The summed E-state index contributed by atoms with van der Waals surface area (Å²) in [6.07, 6.45) is 0. The molecule has 3 nitrogen and oxygen atoms in total. The van der Waals surface area contributed by atoms with E-state index >= 15 is 0 Å². The molecular weight excluding hydrogens is 188 g/mol. The summed E-state index contributed by atoms with van der Waals surface area (Å²) < 4.78 is 4.88. The van der Waals surface area contributed by atoms with Crippen molar-refractivity contribution < 1.29 is 9.52 Å². The Morgan fingerprint density at radius 1 is 1.31 bits per heavy atom. The lowest BCUT2D eigenvalue weighted by Crippen LogP contribution is -1.93. The first kappa shape index (κ1) is 8.19. The van der Waals surface area contributed by atoms with E-state index < -0.39 is 5.63 Å². The highest BCUT2D eigenvalue weighted by Gasteiger charge is 2.02. The average molecular weight is 194 g/mol. The summed E-state index contributed by atoms with van der Waals surface area (Å²) in [6.45, 7) is 0. The van der Waals surface area contributed by atoms with E-state index in [9.17, 15) is 9.90 Å². The van der Waals surface area contributed by atoms with Crippen LogP contribution in [0.1, 0.15) is 0 Å². The number of rotatable bonds is 0. The highest BCUT2D eigenvalue weighted by molar-refractivity contribution is 7.80. The standard InChI is InChI=1S/C9H6O3S/c10-6-3-5-1-2-9(11)12-7(5)4-8(6)13/h1-4,10,13H. The Labute approximate surface area is 79.0 Å². The lowest BCUT2D eigenvalue weighted by molar-refractivity contribution is 0.462. The third-order valence-corrected chi connectivity index (χ3v) is 2.07. The van der Waals surface area contributed by atoms with Crippen molar-refractivity contribution in [2.24, 2.45) is 0 Å². The summed E-state index contributed by atoms with van der Waals surface area (Å²) >= 11 is 4.00. The second-order valence-corrected chi connectivity index (χ2v) is 3.11. The van der Waals surface area contributed by atoms with E-state index in [-0.39, 0.29) is 5.75 Å². The number of hydrogen-bond donors (Lipinski definition) is 2. The fourth-order valence-electron chi connectivity index (χ4n) is 1.09. The van der Waals surface area contributed by atoms with E-state index in [0.29, 0.717) is 15.9 Å². The van der Waals surface area contributed by atoms with Crippen molar-refractivity contribution in [2.45, 2.75) is 4.90 Å². The maximum atomic E-state index is 10.8. The van der Waals surface area contributed by atoms with Gasteiger partial charge in [-0.3, -0.25) is 0 Å². The number of benzene rings is 1. The lowest BCUT2D eigenvalue weighted by atomic mass is 10.2. The molecule has 0 amide bonds. The van der Waals surface area contributed by atoms with Crippen LogP contribution < -0.4 is 5.63 Å². The van der Waals surface area contributed by atoms with E-state index in [1.165, 1.54) is 18.2 Å². The molecule has 66 valence electrons. The molecule has 2 aromatic rings. The van der Waals surface area contributed by atoms with Gasteiger partial charge in [-0.05, 0) is 18.2 Å². The van der Waals surface area contributed by atoms with Gasteiger partial charge < -0.3 is 9.52 Å². The molecule has 0 aliphatic rings. The van der Waals surface area contributed by atoms with Crippen LogP contribution in [0, 0.1) is 0 Å². The molecule has 0 fully saturated rings. The minimum absolute atomic E-state index is 0.0738. The molecule has 0 radical (unpaired) electrons. The monoisotopic (exact) mass is 194 g/mol. The van der Waals surface area contributed by atoms with Crippen LogP contribution in [0.2, 0.25) is 0 Å². The molecule has 0 saturated carbocycles. The van der Waals surface area contributed by atoms with E-state index in [2.05, 4.69) is 12.6 Å². The van der Waals surface area contributed by atoms with Gasteiger partial charge in [0.2, 0.25) is 0 Å². The molecule has 0 aliphatic heterocycles. The summed E-state index contributed by atoms with van der Waals surface area (Å²) in [4.78, 5) is 11.2. The smallest absolute Gasteiger partial charge is 0.336 e. The highest BCUT2D eigenvalue weighted by Crippen LogP contribution is 2.26. The summed E-state index contributed by atoms with van der Waals surface area (Å²) in [5.74, 6) is 0.0738. The first-order valence-electron chi connectivity index (χ1n) is 3.62. The molecule has 1 heterocycles. The maximum absolute atomic E-state index is 10.8. The van der Waals surface area contributed by atoms with Gasteiger partial charge in [0.25, 0.3) is 0 Å². The quantitative estimate of drug-likeness (QED) is 0.496. The van der Waals surface area contributed by atoms with Gasteiger partial charge in [0, 0.05) is 16.3 Å². The fourth-order valence-corrected chi connectivity index (χ4v) is 1.27. The maximum Gasteiger partial charge on any atom is 0.336 e. The first-order chi connectivity index (χ1) is 6.16. The number of phenolic OH excluding ortho intramolecular Hbond substituents is 1. The molecular formula is C9H6O3S. The van der Waals surface area contributed by atoms with E-state index in [0.717, 1.165) is 0 Å². The number of hydrogen-bond acceptors (Lipinski definition) is 4. The van der Waals surface area contributed by atoms with Crippen LogP contribution in [-0.4, -0.2) is 5.11 Å². The minimum Gasteiger partial charge on any atom is -0.507 e. The molecule has 0 saturated heterocycles. The number of phenols is 1. The van der Waals surface area contributed by atoms with Crippen LogP contribution in [0.4, 0.5) is 0 Å².